The minimum Gasteiger partial charge on any atom is -0.351 e. The second kappa shape index (κ2) is 3.72. The zero-order chi connectivity index (χ0) is 9.07. The second-order valence-corrected chi connectivity index (χ2v) is 3.75. The van der Waals surface area contributed by atoms with Gasteiger partial charge in [0, 0.05) is 18.5 Å². The van der Waals surface area contributed by atoms with E-state index < -0.39 is 0 Å². The van der Waals surface area contributed by atoms with Crippen LogP contribution in [0.4, 0.5) is 0 Å². The Morgan fingerprint density at radius 1 is 1.64 bits per heavy atom. The van der Waals surface area contributed by atoms with Crippen LogP contribution in [0.25, 0.3) is 0 Å². The van der Waals surface area contributed by atoms with E-state index in [2.05, 4.69) is 5.32 Å². The molecule has 0 heterocycles. The second-order valence-electron chi connectivity index (χ2n) is 3.75. The molecule has 0 aromatic heterocycles. The van der Waals surface area contributed by atoms with Crippen molar-refractivity contribution in [1.29, 1.82) is 0 Å². The molecule has 0 aliphatic heterocycles. The first kappa shape index (κ1) is 10.4. The average molecular weight is 158 g/mol. The van der Waals surface area contributed by atoms with Gasteiger partial charge >= 0.3 is 0 Å². The van der Waals surface area contributed by atoms with E-state index in [9.17, 15) is 4.79 Å². The van der Waals surface area contributed by atoms with Crippen LogP contribution in [0, 0.1) is 0 Å². The molecule has 66 valence electrons. The smallest absolute Gasteiger partial charge is 0.217 e. The third-order valence-electron chi connectivity index (χ3n) is 1.35. The van der Waals surface area contributed by atoms with Crippen molar-refractivity contribution in [3.8, 4) is 0 Å². The van der Waals surface area contributed by atoms with Crippen molar-refractivity contribution in [1.82, 2.24) is 5.32 Å². The monoisotopic (exact) mass is 158 g/mol. The standard InChI is InChI=1S/C8H18N2O/c1-6(9)5-8(3,4)10-7(2)11/h6H,5,9H2,1-4H3,(H,10,11). The highest BCUT2D eigenvalue weighted by Gasteiger charge is 2.19. The molecule has 0 saturated carbocycles. The lowest BCUT2D eigenvalue weighted by molar-refractivity contribution is -0.120. The van der Waals surface area contributed by atoms with Gasteiger partial charge in [-0.3, -0.25) is 4.79 Å². The predicted molar refractivity (Wildman–Crippen MR) is 46.2 cm³/mol. The Balaban J connectivity index is 3.89. The number of nitrogens with two attached hydrogens (primary N) is 1. The lowest BCUT2D eigenvalue weighted by Crippen LogP contribution is -2.45. The quantitative estimate of drug-likeness (QED) is 0.633. The molecule has 3 N–H and O–H groups in total. The molecular formula is C8H18N2O. The zero-order valence-electron chi connectivity index (χ0n) is 7.77. The van der Waals surface area contributed by atoms with Crippen molar-refractivity contribution < 1.29 is 4.79 Å². The van der Waals surface area contributed by atoms with Crippen molar-refractivity contribution in [2.24, 2.45) is 5.73 Å². The summed E-state index contributed by atoms with van der Waals surface area (Å²) in [4.78, 5) is 10.7. The Labute approximate surface area is 68.3 Å². The molecule has 3 nitrogen and oxygen atoms in total. The summed E-state index contributed by atoms with van der Waals surface area (Å²) < 4.78 is 0. The summed E-state index contributed by atoms with van der Waals surface area (Å²) in [6, 6.07) is 0.122. The number of hydrogen-bond acceptors (Lipinski definition) is 2. The van der Waals surface area contributed by atoms with Gasteiger partial charge in [0.15, 0.2) is 0 Å². The molecule has 11 heavy (non-hydrogen) atoms. The molecule has 0 spiro atoms. The molecule has 0 aliphatic carbocycles. The fourth-order valence-corrected chi connectivity index (χ4v) is 1.33. The highest BCUT2D eigenvalue weighted by Crippen LogP contribution is 2.09. The molecule has 3 heteroatoms. The summed E-state index contributed by atoms with van der Waals surface area (Å²) in [6.45, 7) is 7.39. The topological polar surface area (TPSA) is 55.1 Å². The molecule has 0 saturated heterocycles. The van der Waals surface area contributed by atoms with Gasteiger partial charge in [-0.25, -0.2) is 0 Å². The minimum atomic E-state index is -0.181. The average Bonchev–Trinajstić information content (AvgIpc) is 1.53. The molecule has 0 aliphatic rings. The van der Waals surface area contributed by atoms with Gasteiger partial charge in [-0.1, -0.05) is 0 Å². The molecular weight excluding hydrogens is 140 g/mol. The first-order valence-electron chi connectivity index (χ1n) is 3.88. The van der Waals surface area contributed by atoms with Gasteiger partial charge in [-0.2, -0.15) is 0 Å². The van der Waals surface area contributed by atoms with Crippen LogP contribution >= 0.6 is 0 Å². The van der Waals surface area contributed by atoms with Crippen LogP contribution < -0.4 is 11.1 Å². The fourth-order valence-electron chi connectivity index (χ4n) is 1.33. The Kier molecular flexibility index (Phi) is 3.52. The van der Waals surface area contributed by atoms with Gasteiger partial charge in [0.05, 0.1) is 0 Å². The van der Waals surface area contributed by atoms with Crippen molar-refractivity contribution >= 4 is 5.91 Å². The Morgan fingerprint density at radius 3 is 2.36 bits per heavy atom. The minimum absolute atomic E-state index is 0.00403. The first-order valence-corrected chi connectivity index (χ1v) is 3.88. The number of hydrogen-bond donors (Lipinski definition) is 2. The van der Waals surface area contributed by atoms with E-state index in [4.69, 9.17) is 5.73 Å². The molecule has 0 rings (SSSR count). The Bertz CT molecular complexity index is 141. The van der Waals surface area contributed by atoms with Crippen LogP contribution in [-0.2, 0) is 4.79 Å². The van der Waals surface area contributed by atoms with Gasteiger partial charge in [0.25, 0.3) is 0 Å². The normalized spacial score (nSPS) is 14.3. The number of amides is 1. The maximum absolute atomic E-state index is 10.7. The maximum Gasteiger partial charge on any atom is 0.217 e. The predicted octanol–water partition coefficient (Wildman–Crippen LogP) is 0.638. The fraction of sp³-hybridized carbons (Fsp3) is 0.875. The Hall–Kier alpha value is -0.570. The van der Waals surface area contributed by atoms with Crippen LogP contribution in [0.2, 0.25) is 0 Å². The number of nitrogens with one attached hydrogen (secondary N) is 1. The van der Waals surface area contributed by atoms with E-state index in [-0.39, 0.29) is 17.5 Å². The highest BCUT2D eigenvalue weighted by molar-refractivity contribution is 5.73. The van der Waals surface area contributed by atoms with Crippen LogP contribution in [0.15, 0.2) is 0 Å². The van der Waals surface area contributed by atoms with Gasteiger partial charge in [0.1, 0.15) is 0 Å². The number of carbonyl (C=O) groups is 1. The Morgan fingerprint density at radius 2 is 2.09 bits per heavy atom. The lowest BCUT2D eigenvalue weighted by atomic mass is 9.96. The molecule has 1 atom stereocenters. The zero-order valence-corrected chi connectivity index (χ0v) is 7.77. The molecule has 0 bridgehead atoms. The molecule has 1 amide bonds. The summed E-state index contributed by atoms with van der Waals surface area (Å²) in [6.07, 6.45) is 0.798. The molecule has 0 radical (unpaired) electrons. The van der Waals surface area contributed by atoms with E-state index >= 15 is 0 Å². The van der Waals surface area contributed by atoms with Crippen LogP contribution in [0.1, 0.15) is 34.1 Å². The van der Waals surface area contributed by atoms with Crippen LogP contribution in [-0.4, -0.2) is 17.5 Å². The van der Waals surface area contributed by atoms with E-state index in [0.717, 1.165) is 6.42 Å². The molecule has 0 fully saturated rings. The largest absolute Gasteiger partial charge is 0.351 e. The van der Waals surface area contributed by atoms with E-state index in [1.54, 1.807) is 0 Å². The van der Waals surface area contributed by atoms with Gasteiger partial charge in [0.2, 0.25) is 5.91 Å². The first-order chi connectivity index (χ1) is 4.83. The molecule has 1 unspecified atom stereocenters. The lowest BCUT2D eigenvalue weighted by Gasteiger charge is -2.27. The summed E-state index contributed by atoms with van der Waals surface area (Å²) in [5, 5.41) is 2.83. The van der Waals surface area contributed by atoms with Crippen LogP contribution in [0.3, 0.4) is 0 Å². The van der Waals surface area contributed by atoms with E-state index in [1.807, 2.05) is 20.8 Å². The van der Waals surface area contributed by atoms with E-state index in [0.29, 0.717) is 0 Å². The van der Waals surface area contributed by atoms with E-state index in [1.165, 1.54) is 6.92 Å². The van der Waals surface area contributed by atoms with Gasteiger partial charge in [-0.15, -0.1) is 0 Å². The number of carbonyl (C=O) groups excluding carboxylic acids is 1. The summed E-state index contributed by atoms with van der Waals surface area (Å²) in [7, 11) is 0. The maximum atomic E-state index is 10.7. The third kappa shape index (κ3) is 5.85. The van der Waals surface area contributed by atoms with Crippen LogP contribution in [0.5, 0.6) is 0 Å². The van der Waals surface area contributed by atoms with Crippen molar-refractivity contribution in [2.45, 2.75) is 45.7 Å². The highest BCUT2D eigenvalue weighted by atomic mass is 16.1. The van der Waals surface area contributed by atoms with Crippen molar-refractivity contribution in [3.63, 3.8) is 0 Å². The summed E-state index contributed by atoms with van der Waals surface area (Å²) >= 11 is 0. The van der Waals surface area contributed by atoms with Gasteiger partial charge in [-0.05, 0) is 27.2 Å². The van der Waals surface area contributed by atoms with Crippen molar-refractivity contribution in [2.75, 3.05) is 0 Å². The summed E-state index contributed by atoms with van der Waals surface area (Å²) in [5.41, 5.74) is 5.42. The SMILES string of the molecule is CC(=O)NC(C)(C)CC(C)N. The number of rotatable bonds is 3. The van der Waals surface area contributed by atoms with Gasteiger partial charge < -0.3 is 11.1 Å². The summed E-state index contributed by atoms with van der Waals surface area (Å²) in [5.74, 6) is -0.00403. The molecule has 0 aromatic rings. The van der Waals surface area contributed by atoms with Crippen molar-refractivity contribution in [3.05, 3.63) is 0 Å². The third-order valence-corrected chi connectivity index (χ3v) is 1.35. The molecule has 0 aromatic carbocycles.